The number of rotatable bonds is 4. The van der Waals surface area contributed by atoms with Crippen LogP contribution in [-0.2, 0) is 6.54 Å². The second kappa shape index (κ2) is 3.77. The summed E-state index contributed by atoms with van der Waals surface area (Å²) in [7, 11) is 0. The minimum atomic E-state index is -0.357. The molecule has 2 unspecified atom stereocenters. The molecule has 0 amide bonds. The monoisotopic (exact) mass is 224 g/mol. The zero-order chi connectivity index (χ0) is 11.9. The van der Waals surface area contributed by atoms with Crippen molar-refractivity contribution in [3.63, 3.8) is 0 Å². The summed E-state index contributed by atoms with van der Waals surface area (Å²) < 4.78 is 1.67. The van der Waals surface area contributed by atoms with Gasteiger partial charge < -0.3 is 5.32 Å². The molecule has 1 saturated carbocycles. The Balaban J connectivity index is 2.34. The maximum atomic E-state index is 11.0. The van der Waals surface area contributed by atoms with Crippen molar-refractivity contribution in [2.24, 2.45) is 5.92 Å². The van der Waals surface area contributed by atoms with E-state index in [0.29, 0.717) is 30.0 Å². The Morgan fingerprint density at radius 3 is 2.75 bits per heavy atom. The van der Waals surface area contributed by atoms with Gasteiger partial charge in [-0.3, -0.25) is 10.1 Å². The van der Waals surface area contributed by atoms with Gasteiger partial charge in [0.05, 0.1) is 4.92 Å². The fourth-order valence-corrected chi connectivity index (χ4v) is 1.86. The second-order valence-electron chi connectivity index (χ2n) is 4.32. The van der Waals surface area contributed by atoms with Crippen LogP contribution in [0.5, 0.6) is 0 Å². The molecule has 0 aliphatic heterocycles. The van der Waals surface area contributed by atoms with E-state index in [-0.39, 0.29) is 10.6 Å². The highest BCUT2D eigenvalue weighted by molar-refractivity contribution is 5.60. The van der Waals surface area contributed by atoms with Gasteiger partial charge in [-0.2, -0.15) is 5.10 Å². The van der Waals surface area contributed by atoms with E-state index in [0.717, 1.165) is 6.42 Å². The third kappa shape index (κ3) is 1.75. The van der Waals surface area contributed by atoms with Crippen LogP contribution in [0.4, 0.5) is 11.5 Å². The first-order valence-corrected chi connectivity index (χ1v) is 5.53. The third-order valence-electron chi connectivity index (χ3n) is 3.01. The number of anilines is 1. The van der Waals surface area contributed by atoms with Crippen LogP contribution in [0.2, 0.25) is 0 Å². The molecule has 0 bridgehead atoms. The fraction of sp³-hybridized carbons (Fsp3) is 0.700. The van der Waals surface area contributed by atoms with Crippen LogP contribution in [0.25, 0.3) is 0 Å². The molecule has 0 saturated heterocycles. The molecular formula is C10H16N4O2. The first-order chi connectivity index (χ1) is 7.54. The van der Waals surface area contributed by atoms with Crippen molar-refractivity contribution < 1.29 is 4.92 Å². The van der Waals surface area contributed by atoms with E-state index >= 15 is 0 Å². The number of aryl methyl sites for hydroxylation is 2. The van der Waals surface area contributed by atoms with Crippen molar-refractivity contribution in [1.29, 1.82) is 0 Å². The zero-order valence-electron chi connectivity index (χ0n) is 9.73. The molecule has 1 aliphatic carbocycles. The molecule has 1 aromatic rings. The van der Waals surface area contributed by atoms with Crippen molar-refractivity contribution in [3.05, 3.63) is 15.8 Å². The summed E-state index contributed by atoms with van der Waals surface area (Å²) in [6.07, 6.45) is 1.07. The van der Waals surface area contributed by atoms with E-state index < -0.39 is 0 Å². The number of hydrogen-bond acceptors (Lipinski definition) is 4. The van der Waals surface area contributed by atoms with Crippen LogP contribution in [-0.4, -0.2) is 20.7 Å². The van der Waals surface area contributed by atoms with Gasteiger partial charge in [-0.25, -0.2) is 4.68 Å². The van der Waals surface area contributed by atoms with Crippen molar-refractivity contribution in [3.8, 4) is 0 Å². The summed E-state index contributed by atoms with van der Waals surface area (Å²) in [5.74, 6) is 1.15. The number of aromatic nitrogens is 2. The standard InChI is InChI=1S/C10H16N4O2/c1-4-13-10(11-8-5-6(8)2)9(14(15)16)7(3)12-13/h6,8,11H,4-5H2,1-3H3. The maximum absolute atomic E-state index is 11.0. The lowest BCUT2D eigenvalue weighted by Crippen LogP contribution is -2.11. The molecule has 1 aromatic heterocycles. The van der Waals surface area contributed by atoms with Gasteiger partial charge in [0.2, 0.25) is 5.82 Å². The van der Waals surface area contributed by atoms with Crippen molar-refractivity contribution in [2.75, 3.05) is 5.32 Å². The van der Waals surface area contributed by atoms with Crippen LogP contribution in [0.3, 0.4) is 0 Å². The smallest absolute Gasteiger partial charge is 0.333 e. The first-order valence-electron chi connectivity index (χ1n) is 5.53. The minimum absolute atomic E-state index is 0.112. The Bertz CT molecular complexity index is 427. The number of nitro groups is 1. The van der Waals surface area contributed by atoms with E-state index in [9.17, 15) is 10.1 Å². The molecule has 88 valence electrons. The van der Waals surface area contributed by atoms with E-state index in [1.807, 2.05) is 6.92 Å². The average Bonchev–Trinajstić information content (AvgIpc) is 2.77. The number of hydrogen-bond donors (Lipinski definition) is 1. The van der Waals surface area contributed by atoms with Gasteiger partial charge in [-0.1, -0.05) is 6.92 Å². The molecule has 1 heterocycles. The van der Waals surface area contributed by atoms with Gasteiger partial charge in [0.1, 0.15) is 5.69 Å². The average molecular weight is 224 g/mol. The summed E-state index contributed by atoms with van der Waals surface area (Å²) in [5.41, 5.74) is 0.587. The highest BCUT2D eigenvalue weighted by atomic mass is 16.6. The van der Waals surface area contributed by atoms with E-state index in [1.165, 1.54) is 0 Å². The van der Waals surface area contributed by atoms with Gasteiger partial charge in [0.15, 0.2) is 0 Å². The Hall–Kier alpha value is -1.59. The van der Waals surface area contributed by atoms with E-state index in [4.69, 9.17) is 0 Å². The van der Waals surface area contributed by atoms with Crippen LogP contribution in [0.1, 0.15) is 26.0 Å². The highest BCUT2D eigenvalue weighted by Crippen LogP contribution is 2.36. The van der Waals surface area contributed by atoms with Gasteiger partial charge in [-0.05, 0) is 26.2 Å². The molecule has 2 atom stereocenters. The summed E-state index contributed by atoms with van der Waals surface area (Å²) in [5, 5.41) is 18.4. The predicted molar refractivity (Wildman–Crippen MR) is 60.5 cm³/mol. The molecular weight excluding hydrogens is 208 g/mol. The van der Waals surface area contributed by atoms with Gasteiger partial charge in [-0.15, -0.1) is 0 Å². The molecule has 0 spiro atoms. The zero-order valence-corrected chi connectivity index (χ0v) is 9.73. The fourth-order valence-electron chi connectivity index (χ4n) is 1.86. The Morgan fingerprint density at radius 2 is 2.31 bits per heavy atom. The van der Waals surface area contributed by atoms with Crippen LogP contribution in [0, 0.1) is 23.0 Å². The van der Waals surface area contributed by atoms with Crippen molar-refractivity contribution in [1.82, 2.24) is 9.78 Å². The Kier molecular flexibility index (Phi) is 2.57. The molecule has 16 heavy (non-hydrogen) atoms. The molecule has 0 radical (unpaired) electrons. The quantitative estimate of drug-likeness (QED) is 0.626. The lowest BCUT2D eigenvalue weighted by atomic mass is 10.3. The lowest BCUT2D eigenvalue weighted by molar-refractivity contribution is -0.384. The largest absolute Gasteiger partial charge is 0.362 e. The molecule has 6 heteroatoms. The molecule has 0 aromatic carbocycles. The molecule has 1 fully saturated rings. The first kappa shape index (κ1) is 10.9. The minimum Gasteiger partial charge on any atom is -0.362 e. The highest BCUT2D eigenvalue weighted by Gasteiger charge is 2.36. The lowest BCUT2D eigenvalue weighted by Gasteiger charge is -2.06. The van der Waals surface area contributed by atoms with Crippen LogP contribution < -0.4 is 5.32 Å². The number of nitrogens with zero attached hydrogens (tertiary/aromatic N) is 3. The second-order valence-corrected chi connectivity index (χ2v) is 4.32. The number of nitrogens with one attached hydrogen (secondary N) is 1. The van der Waals surface area contributed by atoms with Crippen molar-refractivity contribution in [2.45, 2.75) is 39.8 Å². The topological polar surface area (TPSA) is 73.0 Å². The van der Waals surface area contributed by atoms with Gasteiger partial charge >= 0.3 is 5.69 Å². The van der Waals surface area contributed by atoms with Crippen molar-refractivity contribution >= 4 is 11.5 Å². The van der Waals surface area contributed by atoms with Crippen LogP contribution >= 0.6 is 0 Å². The normalized spacial score (nSPS) is 23.2. The third-order valence-corrected chi connectivity index (χ3v) is 3.01. The van der Waals surface area contributed by atoms with E-state index in [1.54, 1.807) is 11.6 Å². The summed E-state index contributed by atoms with van der Waals surface area (Å²) >= 11 is 0. The molecule has 2 rings (SSSR count). The van der Waals surface area contributed by atoms with E-state index in [2.05, 4.69) is 17.3 Å². The van der Waals surface area contributed by atoms with Gasteiger partial charge in [0, 0.05) is 12.6 Å². The molecule has 1 N–H and O–H groups in total. The summed E-state index contributed by atoms with van der Waals surface area (Å²) in [6, 6.07) is 0.361. The molecule has 1 aliphatic rings. The maximum Gasteiger partial charge on any atom is 0.333 e. The van der Waals surface area contributed by atoms with Gasteiger partial charge in [0.25, 0.3) is 0 Å². The Labute approximate surface area is 93.8 Å². The summed E-state index contributed by atoms with van der Waals surface area (Å²) in [6.45, 7) is 6.37. The van der Waals surface area contributed by atoms with Crippen LogP contribution in [0.15, 0.2) is 0 Å². The predicted octanol–water partition coefficient (Wildman–Crippen LogP) is 1.94. The summed E-state index contributed by atoms with van der Waals surface area (Å²) in [4.78, 5) is 10.6. The molecule has 6 nitrogen and oxygen atoms in total. The SMILES string of the molecule is CCn1nc(C)c([N+](=O)[O-])c1NC1CC1C. The Morgan fingerprint density at radius 1 is 1.69 bits per heavy atom.